The van der Waals surface area contributed by atoms with E-state index < -0.39 is 10.0 Å². The molecule has 0 aliphatic heterocycles. The molecule has 2 aromatic carbocycles. The molecule has 0 aliphatic rings. The molecule has 0 bridgehead atoms. The molecule has 158 valence electrons. The minimum absolute atomic E-state index is 0.111. The largest absolute Gasteiger partial charge is 0.492 e. The third-order valence-electron chi connectivity index (χ3n) is 4.62. The highest BCUT2D eigenvalue weighted by atomic mass is 32.2. The van der Waals surface area contributed by atoms with E-state index in [1.165, 1.54) is 10.7 Å². The Labute approximate surface area is 176 Å². The Bertz CT molecular complexity index is 1200. The summed E-state index contributed by atoms with van der Waals surface area (Å²) in [6.07, 6.45) is 0. The van der Waals surface area contributed by atoms with Crippen LogP contribution in [0.15, 0.2) is 64.3 Å². The summed E-state index contributed by atoms with van der Waals surface area (Å²) in [6, 6.07) is 15.1. The van der Waals surface area contributed by atoms with Crippen molar-refractivity contribution in [3.8, 4) is 17.0 Å². The zero-order chi connectivity index (χ0) is 21.9. The van der Waals surface area contributed by atoms with Crippen molar-refractivity contribution in [2.75, 3.05) is 11.3 Å². The number of hydrogen-bond donors (Lipinski definition) is 1. The minimum Gasteiger partial charge on any atom is -0.492 e. The van der Waals surface area contributed by atoms with Crippen molar-refractivity contribution < 1.29 is 13.2 Å². The first-order chi connectivity index (χ1) is 14.2. The average Bonchev–Trinajstić information content (AvgIpc) is 2.70. The summed E-state index contributed by atoms with van der Waals surface area (Å²) in [5.74, 6) is 0.503. The molecular weight excluding hydrogens is 402 g/mol. The van der Waals surface area contributed by atoms with Crippen LogP contribution in [0.4, 0.5) is 5.69 Å². The Kier molecular flexibility index (Phi) is 6.26. The molecule has 0 fully saturated rings. The molecule has 30 heavy (non-hydrogen) atoms. The van der Waals surface area contributed by atoms with E-state index in [1.54, 1.807) is 49.5 Å². The molecule has 0 unspecified atom stereocenters. The van der Waals surface area contributed by atoms with E-state index >= 15 is 0 Å². The predicted molar refractivity (Wildman–Crippen MR) is 117 cm³/mol. The summed E-state index contributed by atoms with van der Waals surface area (Å²) in [6.45, 7) is 6.19. The van der Waals surface area contributed by atoms with Gasteiger partial charge < -0.3 is 4.74 Å². The van der Waals surface area contributed by atoms with E-state index in [4.69, 9.17) is 4.74 Å². The van der Waals surface area contributed by atoms with Crippen LogP contribution >= 0.6 is 0 Å². The molecule has 0 radical (unpaired) electrons. The first-order valence-corrected chi connectivity index (χ1v) is 11.1. The first-order valence-electron chi connectivity index (χ1n) is 9.65. The summed E-state index contributed by atoms with van der Waals surface area (Å²) >= 11 is 0. The van der Waals surface area contributed by atoms with Crippen LogP contribution < -0.4 is 15.0 Å². The SMILES string of the molecule is CCOc1ccc(C(C)C)cc1S(=O)(=O)Nc1ccc(-c2ccc(=O)n(C)n2)cc1. The minimum atomic E-state index is -3.85. The van der Waals surface area contributed by atoms with Gasteiger partial charge in [0.2, 0.25) is 0 Å². The Morgan fingerprint density at radius 2 is 1.77 bits per heavy atom. The van der Waals surface area contributed by atoms with Crippen LogP contribution in [0, 0.1) is 0 Å². The Hall–Kier alpha value is -3.13. The average molecular weight is 428 g/mol. The lowest BCUT2D eigenvalue weighted by molar-refractivity contribution is 0.331. The molecule has 0 aliphatic carbocycles. The van der Waals surface area contributed by atoms with Crippen molar-refractivity contribution in [2.45, 2.75) is 31.6 Å². The van der Waals surface area contributed by atoms with Crippen molar-refractivity contribution in [1.29, 1.82) is 0 Å². The van der Waals surface area contributed by atoms with Gasteiger partial charge in [-0.05, 0) is 48.7 Å². The Morgan fingerprint density at radius 1 is 1.07 bits per heavy atom. The van der Waals surface area contributed by atoms with Crippen molar-refractivity contribution in [2.24, 2.45) is 7.05 Å². The fourth-order valence-corrected chi connectivity index (χ4v) is 4.18. The van der Waals surface area contributed by atoms with Gasteiger partial charge >= 0.3 is 0 Å². The zero-order valence-electron chi connectivity index (χ0n) is 17.4. The van der Waals surface area contributed by atoms with Crippen molar-refractivity contribution >= 4 is 15.7 Å². The fraction of sp³-hybridized carbons (Fsp3) is 0.273. The first kappa shape index (κ1) is 21.6. The number of nitrogens with zero attached hydrogens (tertiary/aromatic N) is 2. The van der Waals surface area contributed by atoms with Crippen LogP contribution in [0.25, 0.3) is 11.3 Å². The van der Waals surface area contributed by atoms with Crippen LogP contribution in [0.2, 0.25) is 0 Å². The molecule has 7 nitrogen and oxygen atoms in total. The van der Waals surface area contributed by atoms with Crippen molar-refractivity contribution in [3.63, 3.8) is 0 Å². The molecule has 1 heterocycles. The molecule has 0 amide bonds. The summed E-state index contributed by atoms with van der Waals surface area (Å²) in [5, 5.41) is 4.20. The maximum absolute atomic E-state index is 13.1. The lowest BCUT2D eigenvalue weighted by Gasteiger charge is -2.15. The molecule has 0 atom stereocenters. The standard InChI is InChI=1S/C22H25N3O4S/c1-5-29-20-12-8-17(15(2)3)14-21(20)30(27,28)24-18-9-6-16(7-10-18)19-11-13-22(26)25(4)23-19/h6-15,24H,5H2,1-4H3. The number of rotatable bonds is 7. The van der Waals surface area contributed by atoms with E-state index in [-0.39, 0.29) is 16.4 Å². The van der Waals surface area contributed by atoms with Crippen molar-refractivity contribution in [1.82, 2.24) is 9.78 Å². The van der Waals surface area contributed by atoms with Gasteiger partial charge in [-0.3, -0.25) is 9.52 Å². The summed E-state index contributed by atoms with van der Waals surface area (Å²) in [7, 11) is -2.27. The number of anilines is 1. The fourth-order valence-electron chi connectivity index (χ4n) is 2.94. The number of aryl methyl sites for hydroxylation is 1. The smallest absolute Gasteiger partial charge is 0.266 e. The van der Waals surface area contributed by atoms with Crippen LogP contribution in [0.5, 0.6) is 5.75 Å². The maximum Gasteiger partial charge on any atom is 0.266 e. The van der Waals surface area contributed by atoms with Crippen molar-refractivity contribution in [3.05, 3.63) is 70.5 Å². The second-order valence-electron chi connectivity index (χ2n) is 7.16. The Morgan fingerprint density at radius 3 is 2.37 bits per heavy atom. The number of hydrogen-bond acceptors (Lipinski definition) is 5. The predicted octanol–water partition coefficient (Wildman–Crippen LogP) is 3.77. The second kappa shape index (κ2) is 8.71. The van der Waals surface area contributed by atoms with E-state index in [0.29, 0.717) is 23.7 Å². The third kappa shape index (κ3) is 4.71. The summed E-state index contributed by atoms with van der Waals surface area (Å²) in [4.78, 5) is 11.6. The van der Waals surface area contributed by atoms with Gasteiger partial charge in [-0.15, -0.1) is 0 Å². The molecule has 1 N–H and O–H groups in total. The van der Waals surface area contributed by atoms with Crippen LogP contribution in [0.3, 0.4) is 0 Å². The molecule has 3 rings (SSSR count). The van der Waals surface area contributed by atoms with Gasteiger partial charge in [-0.25, -0.2) is 13.1 Å². The van der Waals surface area contributed by atoms with Crippen LogP contribution in [0.1, 0.15) is 32.3 Å². The van der Waals surface area contributed by atoms with Gasteiger partial charge in [-0.1, -0.05) is 32.0 Å². The molecule has 8 heteroatoms. The Balaban J connectivity index is 1.91. The number of benzene rings is 2. The van der Waals surface area contributed by atoms with E-state index in [0.717, 1.165) is 11.1 Å². The monoisotopic (exact) mass is 427 g/mol. The molecular formula is C22H25N3O4S. The third-order valence-corrected chi connectivity index (χ3v) is 6.02. The van der Waals surface area contributed by atoms with Gasteiger partial charge in [0, 0.05) is 24.4 Å². The second-order valence-corrected chi connectivity index (χ2v) is 8.81. The van der Waals surface area contributed by atoms with Crippen LogP contribution in [-0.2, 0) is 17.1 Å². The molecule has 1 aromatic heterocycles. The van der Waals surface area contributed by atoms with Gasteiger partial charge in [0.15, 0.2) is 0 Å². The maximum atomic E-state index is 13.1. The van der Waals surface area contributed by atoms with Gasteiger partial charge in [0.1, 0.15) is 10.6 Å². The molecule has 0 saturated carbocycles. The van der Waals surface area contributed by atoms with Gasteiger partial charge in [-0.2, -0.15) is 5.10 Å². The summed E-state index contributed by atoms with van der Waals surface area (Å²) < 4.78 is 35.5. The highest BCUT2D eigenvalue weighted by Crippen LogP contribution is 2.30. The van der Waals surface area contributed by atoms with Crippen LogP contribution in [-0.4, -0.2) is 24.8 Å². The number of sulfonamides is 1. The molecule has 0 saturated heterocycles. The number of ether oxygens (including phenoxy) is 1. The lowest BCUT2D eigenvalue weighted by atomic mass is 10.0. The van der Waals surface area contributed by atoms with E-state index in [1.807, 2.05) is 26.8 Å². The number of aromatic nitrogens is 2. The highest BCUT2D eigenvalue weighted by Gasteiger charge is 2.21. The van der Waals surface area contributed by atoms with E-state index in [2.05, 4.69) is 9.82 Å². The molecule has 3 aromatic rings. The van der Waals surface area contributed by atoms with Gasteiger partial charge in [0.05, 0.1) is 12.3 Å². The summed E-state index contributed by atoms with van der Waals surface area (Å²) in [5.41, 5.74) is 2.52. The highest BCUT2D eigenvalue weighted by molar-refractivity contribution is 7.92. The molecule has 0 spiro atoms. The van der Waals surface area contributed by atoms with Gasteiger partial charge in [0.25, 0.3) is 15.6 Å². The number of nitrogens with one attached hydrogen (secondary N) is 1. The zero-order valence-corrected chi connectivity index (χ0v) is 18.2. The lowest BCUT2D eigenvalue weighted by Crippen LogP contribution is -2.18. The quantitative estimate of drug-likeness (QED) is 0.620. The topological polar surface area (TPSA) is 90.3 Å². The normalized spacial score (nSPS) is 11.5. The van der Waals surface area contributed by atoms with E-state index in [9.17, 15) is 13.2 Å².